The lowest BCUT2D eigenvalue weighted by molar-refractivity contribution is -0.117. The van der Waals surface area contributed by atoms with E-state index in [9.17, 15) is 4.79 Å². The number of hydrogen-bond donors (Lipinski definition) is 1. The van der Waals surface area contributed by atoms with Crippen LogP contribution in [0.1, 0.15) is 44.1 Å². The Morgan fingerprint density at radius 3 is 2.62 bits per heavy atom. The number of hydrogen-bond acceptors (Lipinski definition) is 3. The summed E-state index contributed by atoms with van der Waals surface area (Å²) in [5.74, 6) is 0.628. The normalized spacial score (nSPS) is 15.4. The topological polar surface area (TPSA) is 62.1 Å². The number of carbonyl (C=O) groups is 1. The van der Waals surface area contributed by atoms with Crippen LogP contribution in [0.25, 0.3) is 0 Å². The average molecular weight is 286 g/mol. The van der Waals surface area contributed by atoms with E-state index in [1.54, 1.807) is 24.3 Å². The molecule has 0 bridgehead atoms. The van der Waals surface area contributed by atoms with Gasteiger partial charge in [0, 0.05) is 12.3 Å². The van der Waals surface area contributed by atoms with Crippen molar-refractivity contribution in [3.8, 4) is 6.07 Å². The predicted octanol–water partition coefficient (Wildman–Crippen LogP) is 3.48. The molecule has 1 aromatic rings. The van der Waals surface area contributed by atoms with Gasteiger partial charge in [-0.25, -0.2) is 0 Å². The Bertz CT molecular complexity index is 485. The fraction of sp³-hybridized carbons (Fsp3) is 0.529. The summed E-state index contributed by atoms with van der Waals surface area (Å²) in [7, 11) is 0. The van der Waals surface area contributed by atoms with Gasteiger partial charge in [-0.15, -0.1) is 0 Å². The van der Waals surface area contributed by atoms with Crippen molar-refractivity contribution in [3.05, 3.63) is 29.8 Å². The first-order chi connectivity index (χ1) is 10.3. The van der Waals surface area contributed by atoms with Crippen LogP contribution in [0.15, 0.2) is 24.3 Å². The Morgan fingerprint density at radius 1 is 1.24 bits per heavy atom. The minimum absolute atomic E-state index is 0.0525. The Kier molecular flexibility index (Phi) is 6.23. The van der Waals surface area contributed by atoms with Crippen molar-refractivity contribution in [1.82, 2.24) is 0 Å². The fourth-order valence-corrected chi connectivity index (χ4v) is 2.62. The molecule has 1 aromatic carbocycles. The van der Waals surface area contributed by atoms with Crippen LogP contribution in [-0.2, 0) is 9.53 Å². The number of anilines is 1. The summed E-state index contributed by atoms with van der Waals surface area (Å²) in [5, 5.41) is 11.5. The van der Waals surface area contributed by atoms with Gasteiger partial charge >= 0.3 is 0 Å². The minimum atomic E-state index is -0.0525. The molecule has 0 radical (unpaired) electrons. The Hall–Kier alpha value is -1.86. The zero-order valence-corrected chi connectivity index (χ0v) is 12.3. The van der Waals surface area contributed by atoms with Gasteiger partial charge in [-0.1, -0.05) is 19.3 Å². The Labute approximate surface area is 126 Å². The third kappa shape index (κ3) is 5.57. The molecule has 0 saturated heterocycles. The van der Waals surface area contributed by atoms with E-state index < -0.39 is 0 Å². The molecule has 1 aliphatic rings. The zero-order valence-electron chi connectivity index (χ0n) is 12.3. The number of rotatable bonds is 6. The SMILES string of the molecule is N#Cc1ccc(NC(=O)CCOCC2CCCCC2)cc1. The average Bonchev–Trinajstić information content (AvgIpc) is 2.53. The van der Waals surface area contributed by atoms with Gasteiger partial charge in [0.25, 0.3) is 0 Å². The van der Waals surface area contributed by atoms with E-state index in [-0.39, 0.29) is 5.91 Å². The van der Waals surface area contributed by atoms with Crippen LogP contribution in [0.5, 0.6) is 0 Å². The van der Waals surface area contributed by atoms with Crippen molar-refractivity contribution in [2.75, 3.05) is 18.5 Å². The lowest BCUT2D eigenvalue weighted by Crippen LogP contribution is -2.17. The van der Waals surface area contributed by atoms with Crippen LogP contribution < -0.4 is 5.32 Å². The fourth-order valence-electron chi connectivity index (χ4n) is 2.62. The maximum absolute atomic E-state index is 11.8. The number of amides is 1. The molecule has 4 heteroatoms. The van der Waals surface area contributed by atoms with Gasteiger partial charge in [0.15, 0.2) is 0 Å². The highest BCUT2D eigenvalue weighted by Gasteiger charge is 2.13. The largest absolute Gasteiger partial charge is 0.381 e. The van der Waals surface area contributed by atoms with E-state index in [1.165, 1.54) is 32.1 Å². The molecule has 0 atom stereocenters. The third-order valence-electron chi connectivity index (χ3n) is 3.85. The molecule has 0 aromatic heterocycles. The Morgan fingerprint density at radius 2 is 1.95 bits per heavy atom. The second-order valence-electron chi connectivity index (χ2n) is 5.57. The molecular formula is C17H22N2O2. The van der Waals surface area contributed by atoms with E-state index in [2.05, 4.69) is 5.32 Å². The zero-order chi connectivity index (χ0) is 14.9. The standard InChI is InChI=1S/C17H22N2O2/c18-12-14-6-8-16(9-7-14)19-17(20)10-11-21-13-15-4-2-1-3-5-15/h6-9,15H,1-5,10-11,13H2,(H,19,20). The van der Waals surface area contributed by atoms with Crippen molar-refractivity contribution in [2.24, 2.45) is 5.92 Å². The van der Waals surface area contributed by atoms with Crippen molar-refractivity contribution in [2.45, 2.75) is 38.5 Å². The number of nitrogens with one attached hydrogen (secondary N) is 1. The maximum atomic E-state index is 11.8. The van der Waals surface area contributed by atoms with Crippen LogP contribution in [0.4, 0.5) is 5.69 Å². The van der Waals surface area contributed by atoms with Crippen LogP contribution in [0.3, 0.4) is 0 Å². The summed E-state index contributed by atoms with van der Waals surface area (Å²) in [4.78, 5) is 11.8. The van der Waals surface area contributed by atoms with Crippen molar-refractivity contribution in [3.63, 3.8) is 0 Å². The highest BCUT2D eigenvalue weighted by atomic mass is 16.5. The van der Waals surface area contributed by atoms with Gasteiger partial charge in [-0.05, 0) is 43.0 Å². The molecule has 1 N–H and O–H groups in total. The summed E-state index contributed by atoms with van der Waals surface area (Å²) in [6.07, 6.45) is 6.87. The molecule has 1 saturated carbocycles. The van der Waals surface area contributed by atoms with E-state index in [0.717, 1.165) is 6.61 Å². The van der Waals surface area contributed by atoms with Crippen LogP contribution in [0, 0.1) is 17.2 Å². The second-order valence-corrected chi connectivity index (χ2v) is 5.57. The smallest absolute Gasteiger partial charge is 0.226 e. The van der Waals surface area contributed by atoms with Crippen molar-refractivity contribution < 1.29 is 9.53 Å². The summed E-state index contributed by atoms with van der Waals surface area (Å²) in [5.41, 5.74) is 1.30. The summed E-state index contributed by atoms with van der Waals surface area (Å²) in [6, 6.07) is 8.90. The molecule has 112 valence electrons. The molecule has 1 amide bonds. The highest BCUT2D eigenvalue weighted by molar-refractivity contribution is 5.90. The number of carbonyl (C=O) groups excluding carboxylic acids is 1. The van der Waals surface area contributed by atoms with E-state index in [1.807, 2.05) is 6.07 Å². The van der Waals surface area contributed by atoms with Crippen LogP contribution >= 0.6 is 0 Å². The maximum Gasteiger partial charge on any atom is 0.226 e. The molecule has 0 spiro atoms. The summed E-state index contributed by atoms with van der Waals surface area (Å²) >= 11 is 0. The molecule has 4 nitrogen and oxygen atoms in total. The predicted molar refractivity (Wildman–Crippen MR) is 81.8 cm³/mol. The minimum Gasteiger partial charge on any atom is -0.381 e. The quantitative estimate of drug-likeness (QED) is 0.814. The highest BCUT2D eigenvalue weighted by Crippen LogP contribution is 2.23. The summed E-state index contributed by atoms with van der Waals surface area (Å²) in [6.45, 7) is 1.25. The van der Waals surface area contributed by atoms with Gasteiger partial charge in [0.1, 0.15) is 0 Å². The first kappa shape index (κ1) is 15.5. The number of nitriles is 1. The molecule has 2 rings (SSSR count). The summed E-state index contributed by atoms with van der Waals surface area (Å²) < 4.78 is 5.61. The molecule has 0 aliphatic heterocycles. The van der Waals surface area contributed by atoms with Crippen molar-refractivity contribution >= 4 is 11.6 Å². The van der Waals surface area contributed by atoms with E-state index in [4.69, 9.17) is 10.00 Å². The number of nitrogens with zero attached hydrogens (tertiary/aromatic N) is 1. The Balaban J connectivity index is 1.61. The van der Waals surface area contributed by atoms with E-state index in [0.29, 0.717) is 30.2 Å². The molecule has 21 heavy (non-hydrogen) atoms. The second kappa shape index (κ2) is 8.43. The van der Waals surface area contributed by atoms with Gasteiger partial charge in [-0.3, -0.25) is 4.79 Å². The molecule has 1 fully saturated rings. The van der Waals surface area contributed by atoms with Crippen LogP contribution in [0.2, 0.25) is 0 Å². The molecular weight excluding hydrogens is 264 g/mol. The van der Waals surface area contributed by atoms with Gasteiger partial charge in [0.05, 0.1) is 24.7 Å². The van der Waals surface area contributed by atoms with Crippen molar-refractivity contribution in [1.29, 1.82) is 5.26 Å². The number of ether oxygens (including phenoxy) is 1. The monoisotopic (exact) mass is 286 g/mol. The molecule has 0 heterocycles. The molecule has 0 unspecified atom stereocenters. The molecule has 1 aliphatic carbocycles. The first-order valence-electron chi connectivity index (χ1n) is 7.65. The van der Waals surface area contributed by atoms with E-state index >= 15 is 0 Å². The first-order valence-corrected chi connectivity index (χ1v) is 7.65. The van der Waals surface area contributed by atoms with Gasteiger partial charge in [0.2, 0.25) is 5.91 Å². The lowest BCUT2D eigenvalue weighted by Gasteiger charge is -2.21. The number of benzene rings is 1. The third-order valence-corrected chi connectivity index (χ3v) is 3.85. The van der Waals surface area contributed by atoms with Gasteiger partial charge < -0.3 is 10.1 Å². The lowest BCUT2D eigenvalue weighted by atomic mass is 9.90. The van der Waals surface area contributed by atoms with Gasteiger partial charge in [-0.2, -0.15) is 5.26 Å². The van der Waals surface area contributed by atoms with Crippen LogP contribution in [-0.4, -0.2) is 19.1 Å².